The van der Waals surface area contributed by atoms with Gasteiger partial charge in [0, 0.05) is 5.56 Å². The van der Waals surface area contributed by atoms with E-state index in [9.17, 15) is 9.65 Å². The van der Waals surface area contributed by atoms with Gasteiger partial charge in [-0.25, -0.2) is 4.39 Å². The van der Waals surface area contributed by atoms with E-state index in [0.717, 1.165) is 16.9 Å². The van der Waals surface area contributed by atoms with Crippen LogP contribution >= 0.6 is 0 Å². The summed E-state index contributed by atoms with van der Waals surface area (Å²) in [6, 6.07) is 30.3. The molecule has 0 bridgehead atoms. The molecule has 0 heterocycles. The maximum Gasteiger partial charge on any atom is 0.131 e. The van der Waals surface area contributed by atoms with Crippen molar-refractivity contribution in [3.05, 3.63) is 114 Å². The molecule has 0 unspecified atom stereocenters. The lowest BCUT2D eigenvalue weighted by Crippen LogP contribution is -1.95. The number of hydrogen-bond acceptors (Lipinski definition) is 2. The molecule has 0 aliphatic carbocycles. The Morgan fingerprint density at radius 1 is 0.862 bits per heavy atom. The number of rotatable bonds is 5. The van der Waals surface area contributed by atoms with Gasteiger partial charge < -0.3 is 4.74 Å². The van der Waals surface area contributed by atoms with Crippen LogP contribution in [-0.4, -0.2) is 0 Å². The summed E-state index contributed by atoms with van der Waals surface area (Å²) in [7, 11) is 0. The quantitative estimate of drug-likeness (QED) is 0.288. The summed E-state index contributed by atoms with van der Waals surface area (Å²) >= 11 is 0. The topological polar surface area (TPSA) is 33.0 Å². The number of nitrogens with zero attached hydrogens (tertiary/aromatic N) is 1. The second-order valence-corrected chi connectivity index (χ2v) is 6.69. The summed E-state index contributed by atoms with van der Waals surface area (Å²) in [5, 5.41) is 11.8. The monoisotopic (exact) mass is 379 g/mol. The number of hydrogen-bond donors (Lipinski definition) is 0. The van der Waals surface area contributed by atoms with Crippen LogP contribution in [0.4, 0.5) is 4.39 Å². The summed E-state index contributed by atoms with van der Waals surface area (Å²) in [6.07, 6.45) is 1.67. The van der Waals surface area contributed by atoms with Gasteiger partial charge in [0.25, 0.3) is 0 Å². The number of nitriles is 1. The first-order chi connectivity index (χ1) is 14.2. The van der Waals surface area contributed by atoms with E-state index in [2.05, 4.69) is 36.4 Å². The minimum absolute atomic E-state index is 0.285. The van der Waals surface area contributed by atoms with Crippen LogP contribution in [0.3, 0.4) is 0 Å². The van der Waals surface area contributed by atoms with E-state index in [1.54, 1.807) is 24.3 Å². The van der Waals surface area contributed by atoms with Crippen molar-refractivity contribution >= 4 is 22.4 Å². The third kappa shape index (κ3) is 4.34. The van der Waals surface area contributed by atoms with E-state index in [0.29, 0.717) is 12.2 Å². The van der Waals surface area contributed by atoms with E-state index >= 15 is 0 Å². The third-order valence-corrected chi connectivity index (χ3v) is 4.69. The minimum Gasteiger partial charge on any atom is -0.489 e. The lowest BCUT2D eigenvalue weighted by Gasteiger charge is -2.08. The van der Waals surface area contributed by atoms with Crippen LogP contribution in [0.25, 0.3) is 22.4 Å². The molecule has 0 spiro atoms. The highest BCUT2D eigenvalue weighted by molar-refractivity contribution is 5.89. The largest absolute Gasteiger partial charge is 0.489 e. The Morgan fingerprint density at radius 3 is 2.34 bits per heavy atom. The fourth-order valence-electron chi connectivity index (χ4n) is 3.17. The van der Waals surface area contributed by atoms with E-state index in [1.807, 2.05) is 36.4 Å². The molecule has 4 rings (SSSR count). The van der Waals surface area contributed by atoms with Crippen LogP contribution in [0, 0.1) is 17.1 Å². The summed E-state index contributed by atoms with van der Waals surface area (Å²) in [5.74, 6) is 0.329. The van der Waals surface area contributed by atoms with Crippen LogP contribution in [-0.2, 0) is 6.61 Å². The maximum atomic E-state index is 13.9. The Bertz CT molecular complexity index is 1220. The first kappa shape index (κ1) is 18.5. The molecule has 0 fully saturated rings. The van der Waals surface area contributed by atoms with Crippen LogP contribution in [0.1, 0.15) is 16.7 Å². The zero-order valence-electron chi connectivity index (χ0n) is 15.7. The molecule has 29 heavy (non-hydrogen) atoms. The molecule has 3 heteroatoms. The van der Waals surface area contributed by atoms with Gasteiger partial charge in [-0.2, -0.15) is 5.26 Å². The van der Waals surface area contributed by atoms with E-state index < -0.39 is 5.82 Å². The lowest BCUT2D eigenvalue weighted by molar-refractivity contribution is 0.306. The summed E-state index contributed by atoms with van der Waals surface area (Å²) in [6.45, 7) is 0.471. The van der Waals surface area contributed by atoms with Crippen LogP contribution in [0.2, 0.25) is 0 Å². The first-order valence-corrected chi connectivity index (χ1v) is 9.30. The van der Waals surface area contributed by atoms with Gasteiger partial charge in [0.2, 0.25) is 0 Å². The highest BCUT2D eigenvalue weighted by Gasteiger charge is 2.07. The van der Waals surface area contributed by atoms with Gasteiger partial charge in [-0.1, -0.05) is 66.7 Å². The molecule has 0 amide bonds. The van der Waals surface area contributed by atoms with E-state index in [4.69, 9.17) is 4.74 Å². The van der Waals surface area contributed by atoms with Gasteiger partial charge >= 0.3 is 0 Å². The van der Waals surface area contributed by atoms with Crippen molar-refractivity contribution < 1.29 is 9.13 Å². The number of fused-ring (bicyclic) bond motifs is 1. The van der Waals surface area contributed by atoms with Crippen molar-refractivity contribution in [3.8, 4) is 11.8 Å². The van der Waals surface area contributed by atoms with Gasteiger partial charge in [0.1, 0.15) is 18.2 Å². The van der Waals surface area contributed by atoms with Crippen molar-refractivity contribution in [3.63, 3.8) is 0 Å². The molecule has 0 aliphatic heterocycles. The Labute approximate surface area is 169 Å². The van der Waals surface area contributed by atoms with Crippen molar-refractivity contribution in [1.82, 2.24) is 0 Å². The van der Waals surface area contributed by atoms with Gasteiger partial charge in [-0.05, 0) is 52.2 Å². The van der Waals surface area contributed by atoms with Gasteiger partial charge in [-0.15, -0.1) is 0 Å². The molecule has 0 saturated heterocycles. The number of halogens is 1. The van der Waals surface area contributed by atoms with Crippen LogP contribution in [0.15, 0.2) is 91.0 Å². The Morgan fingerprint density at radius 2 is 1.59 bits per heavy atom. The normalized spacial score (nSPS) is 11.2. The molecule has 4 aromatic rings. The molecule has 0 N–H and O–H groups in total. The average Bonchev–Trinajstić information content (AvgIpc) is 2.77. The molecule has 0 atom stereocenters. The molecule has 0 radical (unpaired) electrons. The minimum atomic E-state index is -0.407. The predicted molar refractivity (Wildman–Crippen MR) is 115 cm³/mol. The Kier molecular flexibility index (Phi) is 5.36. The fraction of sp³-hybridized carbons (Fsp3) is 0.0385. The number of benzene rings is 4. The lowest BCUT2D eigenvalue weighted by atomic mass is 10.0. The van der Waals surface area contributed by atoms with Crippen LogP contribution < -0.4 is 4.74 Å². The summed E-state index contributed by atoms with van der Waals surface area (Å²) in [5.41, 5.74) is 2.49. The number of ether oxygens (including phenoxy) is 1. The van der Waals surface area contributed by atoms with Gasteiger partial charge in [0.15, 0.2) is 0 Å². The standard InChI is InChI=1S/C26H18FNO/c27-26-8-4-3-7-25(26)23(17-28)15-19-10-13-24(14-11-19)29-18-20-9-12-21-5-1-2-6-22(21)16-20/h1-16H,18H2/b23-15-. The maximum absolute atomic E-state index is 13.9. The summed E-state index contributed by atoms with van der Waals surface area (Å²) < 4.78 is 19.8. The fourth-order valence-corrected chi connectivity index (χ4v) is 3.17. The average molecular weight is 379 g/mol. The third-order valence-electron chi connectivity index (χ3n) is 4.69. The summed E-state index contributed by atoms with van der Waals surface area (Å²) in [4.78, 5) is 0. The molecule has 0 saturated carbocycles. The van der Waals surface area contributed by atoms with Crippen molar-refractivity contribution in [2.45, 2.75) is 6.61 Å². The van der Waals surface area contributed by atoms with Gasteiger partial charge in [-0.3, -0.25) is 0 Å². The predicted octanol–water partition coefficient (Wildman–Crippen LogP) is 6.62. The smallest absolute Gasteiger partial charge is 0.131 e. The second-order valence-electron chi connectivity index (χ2n) is 6.69. The molecule has 0 aliphatic rings. The van der Waals surface area contributed by atoms with E-state index in [1.165, 1.54) is 16.8 Å². The SMILES string of the molecule is N#C/C(=C/c1ccc(OCc2ccc3ccccc3c2)cc1)c1ccccc1F. The second kappa shape index (κ2) is 8.41. The molecular formula is C26H18FNO. The van der Waals surface area contributed by atoms with Crippen molar-refractivity contribution in [1.29, 1.82) is 5.26 Å². The van der Waals surface area contributed by atoms with E-state index in [-0.39, 0.29) is 5.57 Å². The zero-order chi connectivity index (χ0) is 20.1. The van der Waals surface area contributed by atoms with Crippen LogP contribution in [0.5, 0.6) is 5.75 Å². The van der Waals surface area contributed by atoms with Gasteiger partial charge in [0.05, 0.1) is 11.6 Å². The molecule has 4 aromatic carbocycles. The molecule has 0 aromatic heterocycles. The van der Waals surface area contributed by atoms with Crippen molar-refractivity contribution in [2.75, 3.05) is 0 Å². The zero-order valence-corrected chi connectivity index (χ0v) is 15.7. The van der Waals surface area contributed by atoms with Crippen molar-refractivity contribution in [2.24, 2.45) is 0 Å². The molecule has 140 valence electrons. The highest BCUT2D eigenvalue weighted by Crippen LogP contribution is 2.23. The number of allylic oxidation sites excluding steroid dienone is 1. The molecular weight excluding hydrogens is 361 g/mol. The molecule has 2 nitrogen and oxygen atoms in total. The Balaban J connectivity index is 1.47. The highest BCUT2D eigenvalue weighted by atomic mass is 19.1. The first-order valence-electron chi connectivity index (χ1n) is 9.30. The Hall–Kier alpha value is -3.90.